The van der Waals surface area contributed by atoms with Crippen molar-refractivity contribution in [3.63, 3.8) is 0 Å². The van der Waals surface area contributed by atoms with Crippen LogP contribution in [0.1, 0.15) is 30.4 Å². The molecule has 2 N–H and O–H groups in total. The summed E-state index contributed by atoms with van der Waals surface area (Å²) in [4.78, 5) is 38.9. The molecule has 2 amide bonds. The van der Waals surface area contributed by atoms with Crippen LogP contribution in [0.15, 0.2) is 48.5 Å². The van der Waals surface area contributed by atoms with Crippen molar-refractivity contribution in [3.8, 4) is 11.1 Å². The van der Waals surface area contributed by atoms with Gasteiger partial charge in [0.2, 0.25) is 0 Å². The maximum absolute atomic E-state index is 13.2. The highest BCUT2D eigenvalue weighted by Gasteiger charge is 2.45. The van der Waals surface area contributed by atoms with Crippen LogP contribution in [0, 0.1) is 0 Å². The first-order chi connectivity index (χ1) is 17.0. The minimum atomic E-state index is -1.13. The zero-order chi connectivity index (χ0) is 24.5. The smallest absolute Gasteiger partial charge is 0.407 e. The SMILES string of the molecule is CC1OCCN(C(=O)[C@H]2OCC[C@H]2NC(=O)OCC2c3ccccc3-c3ccccc32)C1C(=O)O. The van der Waals surface area contributed by atoms with Crippen molar-refractivity contribution in [2.45, 2.75) is 43.6 Å². The third-order valence-electron chi connectivity index (χ3n) is 7.01. The Bertz CT molecular complexity index is 1090. The van der Waals surface area contributed by atoms with E-state index in [-0.39, 0.29) is 32.3 Å². The fraction of sp³-hybridized carbons (Fsp3) is 0.423. The van der Waals surface area contributed by atoms with Gasteiger partial charge in [-0.2, -0.15) is 0 Å². The Morgan fingerprint density at radius 3 is 2.34 bits per heavy atom. The van der Waals surface area contributed by atoms with Gasteiger partial charge in [-0.15, -0.1) is 0 Å². The van der Waals surface area contributed by atoms with Crippen LogP contribution < -0.4 is 5.32 Å². The summed E-state index contributed by atoms with van der Waals surface area (Å²) < 4.78 is 16.6. The Morgan fingerprint density at radius 2 is 1.69 bits per heavy atom. The van der Waals surface area contributed by atoms with Crippen LogP contribution in [0.4, 0.5) is 4.79 Å². The van der Waals surface area contributed by atoms with E-state index in [9.17, 15) is 19.5 Å². The molecule has 9 heteroatoms. The van der Waals surface area contributed by atoms with E-state index in [1.54, 1.807) is 6.92 Å². The molecule has 35 heavy (non-hydrogen) atoms. The van der Waals surface area contributed by atoms with E-state index in [4.69, 9.17) is 14.2 Å². The van der Waals surface area contributed by atoms with Gasteiger partial charge < -0.3 is 29.5 Å². The average Bonchev–Trinajstić information content (AvgIpc) is 3.44. The van der Waals surface area contributed by atoms with Crippen LogP contribution >= 0.6 is 0 Å². The van der Waals surface area contributed by atoms with Gasteiger partial charge in [0.25, 0.3) is 5.91 Å². The number of morpholine rings is 1. The number of hydrogen-bond acceptors (Lipinski definition) is 6. The van der Waals surface area contributed by atoms with Gasteiger partial charge in [0.1, 0.15) is 6.61 Å². The van der Waals surface area contributed by atoms with Crippen LogP contribution in [0.2, 0.25) is 0 Å². The molecule has 0 aromatic heterocycles. The number of carboxylic acid groups (broad SMARTS) is 1. The van der Waals surface area contributed by atoms with Crippen molar-refractivity contribution in [1.82, 2.24) is 10.2 Å². The second-order valence-corrected chi connectivity index (χ2v) is 9.05. The van der Waals surface area contributed by atoms with Crippen molar-refractivity contribution in [3.05, 3.63) is 59.7 Å². The molecule has 4 atom stereocenters. The maximum Gasteiger partial charge on any atom is 0.407 e. The highest BCUT2D eigenvalue weighted by atomic mass is 16.6. The zero-order valence-corrected chi connectivity index (χ0v) is 19.4. The third-order valence-corrected chi connectivity index (χ3v) is 7.01. The van der Waals surface area contributed by atoms with E-state index in [2.05, 4.69) is 17.4 Å². The molecule has 0 bridgehead atoms. The van der Waals surface area contributed by atoms with Crippen molar-refractivity contribution >= 4 is 18.0 Å². The molecule has 2 aromatic carbocycles. The number of ether oxygens (including phenoxy) is 3. The van der Waals surface area contributed by atoms with Crippen LogP contribution in [0.3, 0.4) is 0 Å². The predicted molar refractivity (Wildman–Crippen MR) is 125 cm³/mol. The average molecular weight is 481 g/mol. The van der Waals surface area contributed by atoms with Crippen LogP contribution in [0.5, 0.6) is 0 Å². The van der Waals surface area contributed by atoms with Gasteiger partial charge in [-0.3, -0.25) is 4.79 Å². The molecule has 184 valence electrons. The fourth-order valence-corrected chi connectivity index (χ4v) is 5.34. The molecule has 1 aliphatic carbocycles. The van der Waals surface area contributed by atoms with Crippen molar-refractivity contribution < 1.29 is 33.7 Å². The lowest BCUT2D eigenvalue weighted by molar-refractivity contribution is -0.169. The molecule has 2 heterocycles. The number of alkyl carbamates (subject to hydrolysis) is 1. The number of hydrogen-bond donors (Lipinski definition) is 2. The number of amides is 2. The van der Waals surface area contributed by atoms with Gasteiger partial charge >= 0.3 is 12.1 Å². The third kappa shape index (κ3) is 4.37. The molecule has 2 saturated heterocycles. The van der Waals surface area contributed by atoms with Gasteiger partial charge in [0.05, 0.1) is 18.8 Å². The second kappa shape index (κ2) is 9.67. The molecule has 3 aliphatic rings. The first kappa shape index (κ1) is 23.3. The topological polar surface area (TPSA) is 114 Å². The number of nitrogens with zero attached hydrogens (tertiary/aromatic N) is 1. The number of fused-ring (bicyclic) bond motifs is 3. The van der Waals surface area contributed by atoms with E-state index < -0.39 is 42.3 Å². The fourth-order valence-electron chi connectivity index (χ4n) is 5.34. The largest absolute Gasteiger partial charge is 0.480 e. The van der Waals surface area contributed by atoms with Crippen molar-refractivity contribution in [2.24, 2.45) is 0 Å². The molecule has 2 aromatic rings. The summed E-state index contributed by atoms with van der Waals surface area (Å²) in [6.45, 7) is 2.46. The van der Waals surface area contributed by atoms with E-state index in [0.29, 0.717) is 6.42 Å². The highest BCUT2D eigenvalue weighted by molar-refractivity contribution is 5.88. The Hall–Kier alpha value is -3.43. The normalized spacial score (nSPS) is 25.6. The molecule has 0 radical (unpaired) electrons. The Morgan fingerprint density at radius 1 is 1.03 bits per heavy atom. The number of carbonyl (C=O) groups is 3. The molecule has 2 unspecified atom stereocenters. The number of rotatable bonds is 5. The molecule has 0 spiro atoms. The van der Waals surface area contributed by atoms with Crippen LogP contribution in [0.25, 0.3) is 11.1 Å². The first-order valence-corrected chi connectivity index (χ1v) is 11.8. The van der Waals surface area contributed by atoms with Crippen LogP contribution in [-0.4, -0.2) is 78.6 Å². The van der Waals surface area contributed by atoms with Gasteiger partial charge in [-0.05, 0) is 35.6 Å². The van der Waals surface area contributed by atoms with E-state index in [1.807, 2.05) is 36.4 Å². The van der Waals surface area contributed by atoms with E-state index in [0.717, 1.165) is 22.3 Å². The highest BCUT2D eigenvalue weighted by Crippen LogP contribution is 2.44. The number of carbonyl (C=O) groups excluding carboxylic acids is 2. The number of nitrogens with one attached hydrogen (secondary N) is 1. The number of aliphatic carboxylic acids is 1. The van der Waals surface area contributed by atoms with Crippen molar-refractivity contribution in [1.29, 1.82) is 0 Å². The molecular formula is C26H28N2O7. The van der Waals surface area contributed by atoms with E-state index in [1.165, 1.54) is 4.90 Å². The summed E-state index contributed by atoms with van der Waals surface area (Å²) >= 11 is 0. The lowest BCUT2D eigenvalue weighted by Crippen LogP contribution is -2.60. The summed E-state index contributed by atoms with van der Waals surface area (Å²) in [6.07, 6.45) is -1.81. The number of carboxylic acids is 1. The Labute approximate surface area is 203 Å². The summed E-state index contributed by atoms with van der Waals surface area (Å²) in [5.41, 5.74) is 4.50. The molecule has 2 fully saturated rings. The first-order valence-electron chi connectivity index (χ1n) is 11.8. The monoisotopic (exact) mass is 480 g/mol. The zero-order valence-electron chi connectivity index (χ0n) is 19.4. The van der Waals surface area contributed by atoms with Gasteiger partial charge in [0.15, 0.2) is 12.1 Å². The molecular weight excluding hydrogens is 452 g/mol. The van der Waals surface area contributed by atoms with Gasteiger partial charge in [-0.25, -0.2) is 9.59 Å². The van der Waals surface area contributed by atoms with E-state index >= 15 is 0 Å². The predicted octanol–water partition coefficient (Wildman–Crippen LogP) is 2.38. The van der Waals surface area contributed by atoms with Crippen molar-refractivity contribution in [2.75, 3.05) is 26.4 Å². The summed E-state index contributed by atoms with van der Waals surface area (Å²) in [7, 11) is 0. The molecule has 9 nitrogen and oxygen atoms in total. The summed E-state index contributed by atoms with van der Waals surface area (Å²) in [6, 6.07) is 14.4. The molecule has 5 rings (SSSR count). The molecule has 2 aliphatic heterocycles. The quantitative estimate of drug-likeness (QED) is 0.675. The summed E-state index contributed by atoms with van der Waals surface area (Å²) in [5.74, 6) is -1.67. The van der Waals surface area contributed by atoms with Crippen LogP contribution in [-0.2, 0) is 23.8 Å². The maximum atomic E-state index is 13.2. The van der Waals surface area contributed by atoms with Gasteiger partial charge in [0, 0.05) is 19.1 Å². The lowest BCUT2D eigenvalue weighted by Gasteiger charge is -2.38. The minimum Gasteiger partial charge on any atom is -0.480 e. The van der Waals surface area contributed by atoms with Gasteiger partial charge in [-0.1, -0.05) is 48.5 Å². The summed E-state index contributed by atoms with van der Waals surface area (Å²) in [5, 5.41) is 12.4. The second-order valence-electron chi connectivity index (χ2n) is 9.05. The number of benzene rings is 2. The standard InChI is InChI=1S/C26H28N2O7/c1-15-22(25(30)31)28(11-13-33-15)24(29)23-21(10-12-34-23)27-26(32)35-14-20-18-8-4-2-6-16(18)17-7-3-5-9-19(17)20/h2-9,15,20-23H,10-14H2,1H3,(H,27,32)(H,30,31)/t15?,21-,22?,23+/m1/s1. The molecule has 0 saturated carbocycles. The Balaban J connectivity index is 1.23. The minimum absolute atomic E-state index is 0.0726. The lowest BCUT2D eigenvalue weighted by atomic mass is 9.98. The Kier molecular flexibility index (Phi) is 6.44.